The van der Waals surface area contributed by atoms with Crippen LogP contribution in [0.5, 0.6) is 0 Å². The van der Waals surface area contributed by atoms with Crippen molar-refractivity contribution in [2.24, 2.45) is 0 Å². The fourth-order valence-corrected chi connectivity index (χ4v) is 0.427. The molecule has 5 nitrogen and oxygen atoms in total. The summed E-state index contributed by atoms with van der Waals surface area (Å²) in [6.07, 6.45) is 0.893. The summed E-state index contributed by atoms with van der Waals surface area (Å²) in [6.45, 7) is 1.88. The fourth-order valence-electron chi connectivity index (χ4n) is 0.427. The van der Waals surface area contributed by atoms with E-state index in [1.807, 2.05) is 0 Å². The molecular formula is C7H10O5. The highest BCUT2D eigenvalue weighted by Gasteiger charge is 2.01. The quantitative estimate of drug-likeness (QED) is 0.479. The summed E-state index contributed by atoms with van der Waals surface area (Å²) in [6, 6.07) is 0. The maximum atomic E-state index is 10.3. The molecule has 0 aromatic carbocycles. The summed E-state index contributed by atoms with van der Waals surface area (Å²) in [5, 5.41) is 8.55. The molecular weight excluding hydrogens is 164 g/mol. The van der Waals surface area contributed by atoms with Crippen molar-refractivity contribution in [2.75, 3.05) is 6.61 Å². The van der Waals surface area contributed by atoms with E-state index in [2.05, 4.69) is 9.47 Å². The monoisotopic (exact) mass is 174 g/mol. The summed E-state index contributed by atoms with van der Waals surface area (Å²) >= 11 is 0. The van der Waals surface area contributed by atoms with Crippen LogP contribution in [-0.4, -0.2) is 23.7 Å². The second-order valence-electron chi connectivity index (χ2n) is 1.95. The van der Waals surface area contributed by atoms with Crippen LogP contribution in [0.3, 0.4) is 0 Å². The van der Waals surface area contributed by atoms with E-state index in [1.54, 1.807) is 0 Å². The third-order valence-corrected chi connectivity index (χ3v) is 0.787. The lowest BCUT2D eigenvalue weighted by Gasteiger charge is -2.01. The Morgan fingerprint density at radius 3 is 2.25 bits per heavy atom. The van der Waals surface area contributed by atoms with Crippen LogP contribution in [0.2, 0.25) is 0 Å². The number of hydrogen-bond acceptors (Lipinski definition) is 5. The summed E-state index contributed by atoms with van der Waals surface area (Å²) in [4.78, 5) is 20.6. The van der Waals surface area contributed by atoms with Crippen molar-refractivity contribution in [3.8, 4) is 0 Å². The molecule has 0 aliphatic heterocycles. The number of aliphatic hydroxyl groups is 1. The van der Waals surface area contributed by atoms with Gasteiger partial charge in [-0.05, 0) is 0 Å². The Morgan fingerprint density at radius 1 is 1.33 bits per heavy atom. The maximum Gasteiger partial charge on any atom is 0.307 e. The molecule has 0 heterocycles. The molecule has 0 aliphatic rings. The SMILES string of the molecule is CC(=O)OC=C(CO)OC(C)=O. The highest BCUT2D eigenvalue weighted by atomic mass is 16.6. The summed E-state index contributed by atoms with van der Waals surface area (Å²) in [7, 11) is 0. The third-order valence-electron chi connectivity index (χ3n) is 0.787. The van der Waals surface area contributed by atoms with Gasteiger partial charge in [0, 0.05) is 13.8 Å². The van der Waals surface area contributed by atoms with Gasteiger partial charge >= 0.3 is 11.9 Å². The van der Waals surface area contributed by atoms with Crippen LogP contribution >= 0.6 is 0 Å². The van der Waals surface area contributed by atoms with Crippen molar-refractivity contribution in [2.45, 2.75) is 13.8 Å². The molecule has 0 fully saturated rings. The molecule has 12 heavy (non-hydrogen) atoms. The number of rotatable bonds is 3. The Bertz CT molecular complexity index is 206. The predicted octanol–water partition coefficient (Wildman–Crippen LogP) is -0.0537. The molecule has 0 aromatic rings. The van der Waals surface area contributed by atoms with Gasteiger partial charge in [0.15, 0.2) is 5.76 Å². The van der Waals surface area contributed by atoms with Gasteiger partial charge in [0.05, 0.1) is 0 Å². The Labute approximate surface area is 69.6 Å². The van der Waals surface area contributed by atoms with Gasteiger partial charge in [0.2, 0.25) is 0 Å². The minimum absolute atomic E-state index is 0.0994. The molecule has 0 rings (SSSR count). The smallest absolute Gasteiger partial charge is 0.307 e. The average molecular weight is 174 g/mol. The van der Waals surface area contributed by atoms with Crippen LogP contribution in [0.1, 0.15) is 13.8 Å². The van der Waals surface area contributed by atoms with E-state index in [0.29, 0.717) is 0 Å². The molecule has 0 unspecified atom stereocenters. The molecule has 0 saturated carbocycles. The first-order chi connectivity index (χ1) is 5.56. The van der Waals surface area contributed by atoms with E-state index in [1.165, 1.54) is 13.8 Å². The van der Waals surface area contributed by atoms with Gasteiger partial charge in [0.25, 0.3) is 0 Å². The highest BCUT2D eigenvalue weighted by molar-refractivity contribution is 5.68. The lowest BCUT2D eigenvalue weighted by molar-refractivity contribution is -0.140. The Morgan fingerprint density at radius 2 is 1.92 bits per heavy atom. The normalized spacial score (nSPS) is 10.8. The lowest BCUT2D eigenvalue weighted by Crippen LogP contribution is -2.04. The number of ether oxygens (including phenoxy) is 2. The molecule has 0 spiro atoms. The predicted molar refractivity (Wildman–Crippen MR) is 38.7 cm³/mol. The standard InChI is InChI=1S/C7H10O5/c1-5(9)11-4-7(3-8)12-6(2)10/h4,8H,3H2,1-2H3. The summed E-state index contributed by atoms with van der Waals surface area (Å²) in [5.74, 6) is -1.23. The van der Waals surface area contributed by atoms with Gasteiger partial charge in [-0.15, -0.1) is 0 Å². The largest absolute Gasteiger partial charge is 0.431 e. The molecule has 68 valence electrons. The number of carbonyl (C=O) groups excluding carboxylic acids is 2. The first-order valence-electron chi connectivity index (χ1n) is 3.21. The average Bonchev–Trinajstić information content (AvgIpc) is 1.97. The minimum atomic E-state index is -0.581. The number of esters is 2. The molecule has 0 radical (unpaired) electrons. The molecule has 0 saturated heterocycles. The van der Waals surface area contributed by atoms with E-state index in [9.17, 15) is 9.59 Å². The minimum Gasteiger partial charge on any atom is -0.431 e. The highest BCUT2D eigenvalue weighted by Crippen LogP contribution is 1.96. The van der Waals surface area contributed by atoms with Gasteiger partial charge < -0.3 is 14.6 Å². The van der Waals surface area contributed by atoms with Crippen LogP contribution in [0.4, 0.5) is 0 Å². The molecule has 0 aromatic heterocycles. The second kappa shape index (κ2) is 5.31. The summed E-state index contributed by atoms with van der Waals surface area (Å²) in [5.41, 5.74) is 0. The zero-order valence-electron chi connectivity index (χ0n) is 6.86. The molecule has 0 amide bonds. The van der Waals surface area contributed by atoms with E-state index >= 15 is 0 Å². The van der Waals surface area contributed by atoms with Crippen LogP contribution in [0, 0.1) is 0 Å². The maximum absolute atomic E-state index is 10.3. The third kappa shape index (κ3) is 5.43. The molecule has 0 aliphatic carbocycles. The van der Waals surface area contributed by atoms with Crippen molar-refractivity contribution >= 4 is 11.9 Å². The number of hydrogen-bond donors (Lipinski definition) is 1. The second-order valence-corrected chi connectivity index (χ2v) is 1.95. The van der Waals surface area contributed by atoms with Crippen LogP contribution in [0.25, 0.3) is 0 Å². The zero-order valence-corrected chi connectivity index (χ0v) is 6.86. The Kier molecular flexibility index (Phi) is 4.71. The van der Waals surface area contributed by atoms with E-state index in [-0.39, 0.29) is 5.76 Å². The van der Waals surface area contributed by atoms with Crippen molar-refractivity contribution in [3.63, 3.8) is 0 Å². The van der Waals surface area contributed by atoms with Gasteiger partial charge in [-0.25, -0.2) is 0 Å². The van der Waals surface area contributed by atoms with Gasteiger partial charge in [-0.3, -0.25) is 9.59 Å². The molecule has 0 bridgehead atoms. The van der Waals surface area contributed by atoms with E-state index < -0.39 is 18.5 Å². The Balaban J connectivity index is 4.04. The Hall–Kier alpha value is -1.36. The van der Waals surface area contributed by atoms with E-state index in [4.69, 9.17) is 5.11 Å². The van der Waals surface area contributed by atoms with Crippen LogP contribution in [-0.2, 0) is 19.1 Å². The van der Waals surface area contributed by atoms with E-state index in [0.717, 1.165) is 6.26 Å². The molecule has 5 heteroatoms. The summed E-state index contributed by atoms with van der Waals surface area (Å²) < 4.78 is 8.80. The van der Waals surface area contributed by atoms with Crippen molar-refractivity contribution in [1.82, 2.24) is 0 Å². The first kappa shape index (κ1) is 10.6. The van der Waals surface area contributed by atoms with Gasteiger partial charge in [-0.2, -0.15) is 0 Å². The number of aliphatic hydroxyl groups excluding tert-OH is 1. The van der Waals surface area contributed by atoms with Gasteiger partial charge in [-0.1, -0.05) is 0 Å². The number of carbonyl (C=O) groups is 2. The lowest BCUT2D eigenvalue weighted by atomic mass is 10.6. The molecule has 1 N–H and O–H groups in total. The fraction of sp³-hybridized carbons (Fsp3) is 0.429. The van der Waals surface area contributed by atoms with Gasteiger partial charge in [0.1, 0.15) is 12.9 Å². The first-order valence-corrected chi connectivity index (χ1v) is 3.21. The van der Waals surface area contributed by atoms with Crippen LogP contribution < -0.4 is 0 Å². The van der Waals surface area contributed by atoms with Crippen molar-refractivity contribution in [1.29, 1.82) is 0 Å². The van der Waals surface area contributed by atoms with Crippen molar-refractivity contribution < 1.29 is 24.2 Å². The van der Waals surface area contributed by atoms with Crippen molar-refractivity contribution in [3.05, 3.63) is 12.0 Å². The zero-order chi connectivity index (χ0) is 9.56. The van der Waals surface area contributed by atoms with Crippen LogP contribution in [0.15, 0.2) is 12.0 Å². The molecule has 0 atom stereocenters. The topological polar surface area (TPSA) is 72.8 Å².